The van der Waals surface area contributed by atoms with Gasteiger partial charge >= 0.3 is 0 Å². The Bertz CT molecular complexity index is 490. The molecular formula is C9H6F2N2OS. The Morgan fingerprint density at radius 2 is 1.87 bits per heavy atom. The van der Waals surface area contributed by atoms with Crippen molar-refractivity contribution in [2.24, 2.45) is 0 Å². The summed E-state index contributed by atoms with van der Waals surface area (Å²) in [6.45, 7) is 0. The number of nitrogen functional groups attached to an aromatic ring is 1. The van der Waals surface area contributed by atoms with E-state index in [2.05, 4.69) is 4.98 Å². The van der Waals surface area contributed by atoms with Gasteiger partial charge in [-0.1, -0.05) is 0 Å². The minimum atomic E-state index is -1.02. The summed E-state index contributed by atoms with van der Waals surface area (Å²) in [5.41, 5.74) is 6.02. The molecule has 3 N–H and O–H groups in total. The Balaban J connectivity index is 2.55. The molecule has 78 valence electrons. The van der Waals surface area contributed by atoms with Gasteiger partial charge in [0, 0.05) is 10.9 Å². The second-order valence-electron chi connectivity index (χ2n) is 2.86. The Labute approximate surface area is 87.8 Å². The molecule has 3 nitrogen and oxygen atoms in total. The molecule has 0 atom stereocenters. The predicted octanol–water partition coefficient (Wildman–Crippen LogP) is 2.38. The molecule has 0 aliphatic rings. The molecule has 1 heterocycles. The molecule has 0 saturated carbocycles. The van der Waals surface area contributed by atoms with Gasteiger partial charge in [0.2, 0.25) is 0 Å². The lowest BCUT2D eigenvalue weighted by atomic mass is 10.1. The quantitative estimate of drug-likeness (QED) is 0.787. The maximum absolute atomic E-state index is 13.0. The van der Waals surface area contributed by atoms with Crippen molar-refractivity contribution < 1.29 is 13.9 Å². The van der Waals surface area contributed by atoms with Crippen LogP contribution in [0.3, 0.4) is 0 Å². The highest BCUT2D eigenvalue weighted by Gasteiger charge is 2.12. The summed E-state index contributed by atoms with van der Waals surface area (Å²) in [6, 6.07) is 2.01. The molecule has 0 aliphatic heterocycles. The molecule has 1 aromatic heterocycles. The van der Waals surface area contributed by atoms with Crippen LogP contribution in [0.2, 0.25) is 0 Å². The van der Waals surface area contributed by atoms with Crippen molar-refractivity contribution in [1.82, 2.24) is 4.98 Å². The highest BCUT2D eigenvalue weighted by Crippen LogP contribution is 2.29. The fraction of sp³-hybridized carbons (Fsp3) is 0. The summed E-state index contributed by atoms with van der Waals surface area (Å²) in [6.07, 6.45) is 0. The molecule has 0 aliphatic carbocycles. The van der Waals surface area contributed by atoms with E-state index in [1.807, 2.05) is 0 Å². The molecule has 0 bridgehead atoms. The first-order valence-corrected chi connectivity index (χ1v) is 4.85. The first kappa shape index (κ1) is 9.85. The largest absolute Gasteiger partial charge is 0.503 e. The maximum Gasteiger partial charge on any atom is 0.187 e. The van der Waals surface area contributed by atoms with E-state index in [0.29, 0.717) is 10.8 Å². The summed E-state index contributed by atoms with van der Waals surface area (Å²) in [5.74, 6) is -3.02. The van der Waals surface area contributed by atoms with Crippen molar-refractivity contribution in [2.75, 3.05) is 5.73 Å². The number of rotatable bonds is 1. The van der Waals surface area contributed by atoms with E-state index in [1.54, 1.807) is 5.38 Å². The Hall–Kier alpha value is -1.69. The van der Waals surface area contributed by atoms with Crippen LogP contribution in [0.15, 0.2) is 17.5 Å². The third kappa shape index (κ3) is 1.75. The zero-order valence-corrected chi connectivity index (χ0v) is 8.18. The van der Waals surface area contributed by atoms with E-state index in [-0.39, 0.29) is 5.56 Å². The molecular weight excluding hydrogens is 222 g/mol. The van der Waals surface area contributed by atoms with Crippen molar-refractivity contribution in [3.8, 4) is 17.0 Å². The number of hydrogen-bond donors (Lipinski definition) is 2. The molecule has 0 amide bonds. The molecule has 2 aromatic rings. The molecule has 0 spiro atoms. The average Bonchev–Trinajstić information content (AvgIpc) is 2.60. The van der Waals surface area contributed by atoms with Gasteiger partial charge in [-0.2, -0.15) is 0 Å². The molecule has 0 saturated heterocycles. The van der Waals surface area contributed by atoms with Crippen molar-refractivity contribution >= 4 is 16.5 Å². The normalized spacial score (nSPS) is 10.5. The second kappa shape index (κ2) is 3.47. The first-order chi connectivity index (χ1) is 7.08. The zero-order chi connectivity index (χ0) is 11.0. The van der Waals surface area contributed by atoms with Gasteiger partial charge in [-0.3, -0.25) is 0 Å². The molecule has 6 heteroatoms. The lowest BCUT2D eigenvalue weighted by Crippen LogP contribution is -1.87. The van der Waals surface area contributed by atoms with Crippen LogP contribution in [0.5, 0.6) is 5.75 Å². The number of nitrogens with two attached hydrogens (primary N) is 1. The van der Waals surface area contributed by atoms with E-state index in [4.69, 9.17) is 10.8 Å². The number of halogens is 2. The molecule has 0 radical (unpaired) electrons. The number of benzene rings is 1. The van der Waals surface area contributed by atoms with Gasteiger partial charge in [0.25, 0.3) is 0 Å². The van der Waals surface area contributed by atoms with Gasteiger partial charge < -0.3 is 10.8 Å². The second-order valence-corrected chi connectivity index (χ2v) is 3.75. The number of phenolic OH excluding ortho intramolecular Hbond substituents is 1. The van der Waals surface area contributed by atoms with E-state index in [9.17, 15) is 8.78 Å². The average molecular weight is 228 g/mol. The summed E-state index contributed by atoms with van der Waals surface area (Å²) in [4.78, 5) is 3.87. The van der Waals surface area contributed by atoms with E-state index >= 15 is 0 Å². The SMILES string of the molecule is Nc1nc(-c2cc(F)c(O)c(F)c2)cs1. The third-order valence-electron chi connectivity index (χ3n) is 1.83. The van der Waals surface area contributed by atoms with Gasteiger partial charge in [0.1, 0.15) is 0 Å². The predicted molar refractivity (Wildman–Crippen MR) is 53.5 cm³/mol. The lowest BCUT2D eigenvalue weighted by Gasteiger charge is -2.00. The van der Waals surface area contributed by atoms with Crippen molar-refractivity contribution in [1.29, 1.82) is 0 Å². The number of hydrogen-bond acceptors (Lipinski definition) is 4. The van der Waals surface area contributed by atoms with Crippen LogP contribution < -0.4 is 5.73 Å². The van der Waals surface area contributed by atoms with Crippen LogP contribution in [0.4, 0.5) is 13.9 Å². The molecule has 0 unspecified atom stereocenters. The van der Waals surface area contributed by atoms with Gasteiger partial charge in [0.15, 0.2) is 22.5 Å². The first-order valence-electron chi connectivity index (χ1n) is 3.97. The Morgan fingerprint density at radius 1 is 1.27 bits per heavy atom. The minimum absolute atomic E-state index is 0.246. The number of aromatic hydroxyl groups is 1. The number of aromatic nitrogens is 1. The summed E-state index contributed by atoms with van der Waals surface area (Å²) < 4.78 is 26.0. The molecule has 0 fully saturated rings. The van der Waals surface area contributed by atoms with Crippen molar-refractivity contribution in [3.05, 3.63) is 29.1 Å². The van der Waals surface area contributed by atoms with Crippen LogP contribution in [0.1, 0.15) is 0 Å². The highest BCUT2D eigenvalue weighted by molar-refractivity contribution is 7.13. The van der Waals surface area contributed by atoms with Crippen LogP contribution in [-0.2, 0) is 0 Å². The number of thiazole rings is 1. The fourth-order valence-corrected chi connectivity index (χ4v) is 1.71. The Morgan fingerprint density at radius 3 is 2.33 bits per heavy atom. The molecule has 1 aromatic carbocycles. The number of phenols is 1. The van der Waals surface area contributed by atoms with Gasteiger partial charge in [-0.05, 0) is 12.1 Å². The van der Waals surface area contributed by atoms with Gasteiger partial charge in [-0.25, -0.2) is 13.8 Å². The molecule has 15 heavy (non-hydrogen) atoms. The summed E-state index contributed by atoms with van der Waals surface area (Å²) in [7, 11) is 0. The smallest absolute Gasteiger partial charge is 0.187 e. The van der Waals surface area contributed by atoms with Crippen LogP contribution in [-0.4, -0.2) is 10.1 Å². The van der Waals surface area contributed by atoms with E-state index < -0.39 is 17.4 Å². The van der Waals surface area contributed by atoms with Crippen molar-refractivity contribution in [2.45, 2.75) is 0 Å². The topological polar surface area (TPSA) is 59.1 Å². The number of anilines is 1. The Kier molecular flexibility index (Phi) is 2.28. The lowest BCUT2D eigenvalue weighted by molar-refractivity contribution is 0.396. The van der Waals surface area contributed by atoms with Crippen LogP contribution >= 0.6 is 11.3 Å². The monoisotopic (exact) mass is 228 g/mol. The minimum Gasteiger partial charge on any atom is -0.503 e. The summed E-state index contributed by atoms with van der Waals surface area (Å²) >= 11 is 1.17. The van der Waals surface area contributed by atoms with Gasteiger partial charge in [-0.15, -0.1) is 11.3 Å². The van der Waals surface area contributed by atoms with Crippen molar-refractivity contribution in [3.63, 3.8) is 0 Å². The fourth-order valence-electron chi connectivity index (χ4n) is 1.13. The number of nitrogens with zero attached hydrogens (tertiary/aromatic N) is 1. The maximum atomic E-state index is 13.0. The third-order valence-corrected chi connectivity index (χ3v) is 2.51. The summed E-state index contributed by atoms with van der Waals surface area (Å²) in [5, 5.41) is 10.8. The van der Waals surface area contributed by atoms with Crippen LogP contribution in [0, 0.1) is 11.6 Å². The zero-order valence-electron chi connectivity index (χ0n) is 7.37. The van der Waals surface area contributed by atoms with E-state index in [1.165, 1.54) is 11.3 Å². The van der Waals surface area contributed by atoms with Crippen LogP contribution in [0.25, 0.3) is 11.3 Å². The highest BCUT2D eigenvalue weighted by atomic mass is 32.1. The van der Waals surface area contributed by atoms with E-state index in [0.717, 1.165) is 12.1 Å². The van der Waals surface area contributed by atoms with Gasteiger partial charge in [0.05, 0.1) is 5.69 Å². The standard InChI is InChI=1S/C9H6F2N2OS/c10-5-1-4(2-6(11)8(5)14)7-3-15-9(12)13-7/h1-3,14H,(H2,12,13). The molecule has 2 rings (SSSR count).